The van der Waals surface area contributed by atoms with Crippen molar-refractivity contribution in [3.63, 3.8) is 0 Å². The van der Waals surface area contributed by atoms with Crippen LogP contribution >= 0.6 is 23.2 Å². The number of hydrogen-bond acceptors (Lipinski definition) is 2. The summed E-state index contributed by atoms with van der Waals surface area (Å²) < 4.78 is 0. The SMILES string of the molecule is Cc1cc(Cl)nc(Nc2cccc(Cl)c2C)c1. The summed E-state index contributed by atoms with van der Waals surface area (Å²) in [5.74, 6) is 0.723. The number of nitrogens with one attached hydrogen (secondary N) is 1. The fraction of sp³-hybridized carbons (Fsp3) is 0.154. The predicted octanol–water partition coefficient (Wildman–Crippen LogP) is 4.75. The van der Waals surface area contributed by atoms with Crippen molar-refractivity contribution in [3.8, 4) is 0 Å². The molecule has 0 saturated heterocycles. The van der Waals surface area contributed by atoms with E-state index in [9.17, 15) is 0 Å². The summed E-state index contributed by atoms with van der Waals surface area (Å²) in [5, 5.41) is 4.42. The van der Waals surface area contributed by atoms with Crippen LogP contribution in [-0.2, 0) is 0 Å². The van der Waals surface area contributed by atoms with Crippen molar-refractivity contribution >= 4 is 34.7 Å². The average Bonchev–Trinajstić information content (AvgIpc) is 2.23. The number of aryl methyl sites for hydroxylation is 1. The van der Waals surface area contributed by atoms with E-state index in [1.165, 1.54) is 0 Å². The molecule has 0 spiro atoms. The van der Waals surface area contributed by atoms with Gasteiger partial charge in [0.25, 0.3) is 0 Å². The Kier molecular flexibility index (Phi) is 3.55. The average molecular weight is 267 g/mol. The molecule has 1 heterocycles. The lowest BCUT2D eigenvalue weighted by atomic mass is 10.2. The zero-order valence-corrected chi connectivity index (χ0v) is 11.1. The van der Waals surface area contributed by atoms with Crippen molar-refractivity contribution in [2.45, 2.75) is 13.8 Å². The number of pyridine rings is 1. The molecule has 88 valence electrons. The first-order valence-corrected chi connectivity index (χ1v) is 5.98. The zero-order chi connectivity index (χ0) is 12.4. The monoisotopic (exact) mass is 266 g/mol. The third-order valence-corrected chi connectivity index (χ3v) is 3.07. The van der Waals surface area contributed by atoms with Gasteiger partial charge in [0.2, 0.25) is 0 Å². The van der Waals surface area contributed by atoms with Gasteiger partial charge in [0, 0.05) is 10.7 Å². The van der Waals surface area contributed by atoms with E-state index in [-0.39, 0.29) is 0 Å². The highest BCUT2D eigenvalue weighted by atomic mass is 35.5. The first kappa shape index (κ1) is 12.2. The molecule has 0 bridgehead atoms. The van der Waals surface area contributed by atoms with E-state index in [1.54, 1.807) is 0 Å². The van der Waals surface area contributed by atoms with Crippen LogP contribution in [0.15, 0.2) is 30.3 Å². The van der Waals surface area contributed by atoms with E-state index in [0.717, 1.165) is 27.7 Å². The van der Waals surface area contributed by atoms with E-state index < -0.39 is 0 Å². The van der Waals surface area contributed by atoms with Crippen LogP contribution in [0.3, 0.4) is 0 Å². The Morgan fingerprint density at radius 1 is 1.12 bits per heavy atom. The second-order valence-corrected chi connectivity index (χ2v) is 4.68. The highest BCUT2D eigenvalue weighted by molar-refractivity contribution is 6.31. The van der Waals surface area contributed by atoms with Crippen LogP contribution < -0.4 is 5.32 Å². The minimum absolute atomic E-state index is 0.479. The largest absolute Gasteiger partial charge is 0.340 e. The Hall–Kier alpha value is -1.25. The number of hydrogen-bond donors (Lipinski definition) is 1. The van der Waals surface area contributed by atoms with Gasteiger partial charge in [-0.1, -0.05) is 29.3 Å². The molecule has 1 N–H and O–H groups in total. The molecule has 2 nitrogen and oxygen atoms in total. The second kappa shape index (κ2) is 4.94. The number of anilines is 2. The van der Waals surface area contributed by atoms with Crippen molar-refractivity contribution in [1.82, 2.24) is 4.98 Å². The standard InChI is InChI=1S/C13H12Cl2N2/c1-8-6-12(15)17-13(7-8)16-11-5-3-4-10(14)9(11)2/h3-7H,1-2H3,(H,16,17). The maximum Gasteiger partial charge on any atom is 0.132 e. The molecule has 0 amide bonds. The first-order valence-electron chi connectivity index (χ1n) is 5.22. The minimum Gasteiger partial charge on any atom is -0.340 e. The van der Waals surface area contributed by atoms with Crippen LogP contribution in [0.25, 0.3) is 0 Å². The molecule has 2 rings (SSSR count). The number of rotatable bonds is 2. The smallest absolute Gasteiger partial charge is 0.132 e. The molecular weight excluding hydrogens is 255 g/mol. The number of halogens is 2. The third kappa shape index (κ3) is 2.90. The molecule has 0 aliphatic rings. The third-order valence-electron chi connectivity index (χ3n) is 2.47. The van der Waals surface area contributed by atoms with Crippen molar-refractivity contribution in [1.29, 1.82) is 0 Å². The van der Waals surface area contributed by atoms with E-state index in [2.05, 4.69) is 10.3 Å². The van der Waals surface area contributed by atoms with Gasteiger partial charge in [0.05, 0.1) is 0 Å². The number of nitrogens with zero attached hydrogens (tertiary/aromatic N) is 1. The first-order chi connectivity index (χ1) is 8.06. The highest BCUT2D eigenvalue weighted by Crippen LogP contribution is 2.26. The minimum atomic E-state index is 0.479. The van der Waals surface area contributed by atoms with Crippen LogP contribution in [0, 0.1) is 13.8 Å². The molecule has 0 fully saturated rings. The molecule has 0 aliphatic heterocycles. The van der Waals surface area contributed by atoms with Gasteiger partial charge < -0.3 is 5.32 Å². The Bertz CT molecular complexity index is 533. The molecule has 2 aromatic rings. The van der Waals surface area contributed by atoms with E-state index in [0.29, 0.717) is 5.15 Å². The summed E-state index contributed by atoms with van der Waals surface area (Å²) in [5.41, 5.74) is 2.99. The van der Waals surface area contributed by atoms with Crippen LogP contribution in [0.4, 0.5) is 11.5 Å². The summed E-state index contributed by atoms with van der Waals surface area (Å²) in [6, 6.07) is 9.47. The molecule has 17 heavy (non-hydrogen) atoms. The van der Waals surface area contributed by atoms with Gasteiger partial charge in [-0.05, 0) is 49.2 Å². The van der Waals surface area contributed by atoms with Crippen molar-refractivity contribution in [3.05, 3.63) is 51.6 Å². The van der Waals surface area contributed by atoms with Gasteiger partial charge in [0.1, 0.15) is 11.0 Å². The number of benzene rings is 1. The molecule has 0 unspecified atom stereocenters. The van der Waals surface area contributed by atoms with Crippen LogP contribution in [0.2, 0.25) is 10.2 Å². The fourth-order valence-electron chi connectivity index (χ4n) is 1.57. The van der Waals surface area contributed by atoms with Gasteiger partial charge in [-0.3, -0.25) is 0 Å². The van der Waals surface area contributed by atoms with Gasteiger partial charge in [0.15, 0.2) is 0 Å². The zero-order valence-electron chi connectivity index (χ0n) is 9.59. The fourth-order valence-corrected chi connectivity index (χ4v) is 2.01. The van der Waals surface area contributed by atoms with E-state index in [4.69, 9.17) is 23.2 Å². The summed E-state index contributed by atoms with van der Waals surface area (Å²) >= 11 is 12.0. The Morgan fingerprint density at radius 2 is 1.88 bits per heavy atom. The molecule has 0 radical (unpaired) electrons. The maximum atomic E-state index is 6.06. The van der Waals surface area contributed by atoms with Crippen molar-refractivity contribution in [2.24, 2.45) is 0 Å². The van der Waals surface area contributed by atoms with Crippen molar-refractivity contribution in [2.75, 3.05) is 5.32 Å². The van der Waals surface area contributed by atoms with Gasteiger partial charge in [-0.15, -0.1) is 0 Å². The summed E-state index contributed by atoms with van der Waals surface area (Å²) in [7, 11) is 0. The van der Waals surface area contributed by atoms with Gasteiger partial charge in [-0.25, -0.2) is 4.98 Å². The lowest BCUT2D eigenvalue weighted by molar-refractivity contribution is 1.26. The summed E-state index contributed by atoms with van der Waals surface area (Å²) in [6.45, 7) is 3.94. The molecule has 4 heteroatoms. The topological polar surface area (TPSA) is 24.9 Å². The second-order valence-electron chi connectivity index (χ2n) is 3.89. The quantitative estimate of drug-likeness (QED) is 0.794. The molecule has 1 aromatic heterocycles. The summed E-state index contributed by atoms with van der Waals surface area (Å²) in [4.78, 5) is 4.21. The molecular formula is C13H12Cl2N2. The lowest BCUT2D eigenvalue weighted by Gasteiger charge is -2.10. The lowest BCUT2D eigenvalue weighted by Crippen LogP contribution is -1.96. The molecule has 0 atom stereocenters. The number of aromatic nitrogens is 1. The predicted molar refractivity (Wildman–Crippen MR) is 73.5 cm³/mol. The maximum absolute atomic E-state index is 6.06. The van der Waals surface area contributed by atoms with Gasteiger partial charge in [-0.2, -0.15) is 0 Å². The van der Waals surface area contributed by atoms with Crippen LogP contribution in [0.1, 0.15) is 11.1 Å². The molecule has 1 aromatic carbocycles. The van der Waals surface area contributed by atoms with Crippen LogP contribution in [-0.4, -0.2) is 4.98 Å². The normalized spacial score (nSPS) is 10.4. The van der Waals surface area contributed by atoms with Crippen LogP contribution in [0.5, 0.6) is 0 Å². The molecule has 0 aliphatic carbocycles. The summed E-state index contributed by atoms with van der Waals surface area (Å²) in [6.07, 6.45) is 0. The van der Waals surface area contributed by atoms with E-state index in [1.807, 2.05) is 44.2 Å². The Morgan fingerprint density at radius 3 is 2.59 bits per heavy atom. The Balaban J connectivity index is 2.34. The van der Waals surface area contributed by atoms with Crippen molar-refractivity contribution < 1.29 is 0 Å². The van der Waals surface area contributed by atoms with Gasteiger partial charge >= 0.3 is 0 Å². The molecule has 0 saturated carbocycles. The highest BCUT2D eigenvalue weighted by Gasteiger charge is 2.04. The van der Waals surface area contributed by atoms with E-state index >= 15 is 0 Å². The Labute approximate surface area is 111 Å².